The lowest BCUT2D eigenvalue weighted by atomic mass is 10.0. The van der Waals surface area contributed by atoms with E-state index in [1.807, 2.05) is 0 Å². The molecule has 2 aliphatic rings. The van der Waals surface area contributed by atoms with E-state index in [1.165, 1.54) is 37.9 Å². The number of rotatable bonds is 4. The molecule has 3 heteroatoms. The Balaban J connectivity index is 1.54. The van der Waals surface area contributed by atoms with Gasteiger partial charge in [-0.1, -0.05) is 30.3 Å². The summed E-state index contributed by atoms with van der Waals surface area (Å²) >= 11 is 0. The molecule has 1 N–H and O–H groups in total. The first-order valence-electron chi connectivity index (χ1n) is 8.00. The molecule has 2 atom stereocenters. The number of nitrogens with one attached hydrogen (secondary N) is 1. The summed E-state index contributed by atoms with van der Waals surface area (Å²) in [5.74, 6) is 0.793. The molecule has 0 amide bonds. The lowest BCUT2D eigenvalue weighted by Gasteiger charge is -2.25. The summed E-state index contributed by atoms with van der Waals surface area (Å²) in [6, 6.07) is 11.3. The molecule has 0 saturated carbocycles. The second-order valence-corrected chi connectivity index (χ2v) is 6.09. The van der Waals surface area contributed by atoms with Crippen LogP contribution in [0.15, 0.2) is 30.3 Å². The van der Waals surface area contributed by atoms with E-state index in [9.17, 15) is 0 Å². The molecule has 0 aliphatic carbocycles. The van der Waals surface area contributed by atoms with Crippen LogP contribution in [0.2, 0.25) is 0 Å². The summed E-state index contributed by atoms with van der Waals surface area (Å²) in [5.41, 5.74) is 1.42. The van der Waals surface area contributed by atoms with Crippen molar-refractivity contribution in [1.29, 1.82) is 0 Å². The van der Waals surface area contributed by atoms with E-state index in [2.05, 4.69) is 40.5 Å². The fraction of sp³-hybridized carbons (Fsp3) is 0.647. The average Bonchev–Trinajstić information content (AvgIpc) is 2.90. The van der Waals surface area contributed by atoms with E-state index in [0.717, 1.165) is 32.2 Å². The molecule has 0 aromatic heterocycles. The fourth-order valence-electron chi connectivity index (χ4n) is 3.28. The molecule has 0 spiro atoms. The summed E-state index contributed by atoms with van der Waals surface area (Å²) in [7, 11) is 0. The van der Waals surface area contributed by atoms with Crippen molar-refractivity contribution >= 4 is 0 Å². The van der Waals surface area contributed by atoms with Crippen LogP contribution in [0, 0.1) is 5.92 Å². The smallest absolute Gasteiger partial charge is 0.0495 e. The topological polar surface area (TPSA) is 24.5 Å². The van der Waals surface area contributed by atoms with Crippen LogP contribution < -0.4 is 5.32 Å². The quantitative estimate of drug-likeness (QED) is 0.913. The minimum absolute atomic E-state index is 0.485. The van der Waals surface area contributed by atoms with Crippen LogP contribution in [0.25, 0.3) is 0 Å². The van der Waals surface area contributed by atoms with Crippen LogP contribution >= 0.6 is 0 Å². The predicted molar refractivity (Wildman–Crippen MR) is 81.8 cm³/mol. The molecule has 3 rings (SSSR count). The van der Waals surface area contributed by atoms with E-state index >= 15 is 0 Å². The fourth-order valence-corrected chi connectivity index (χ4v) is 3.28. The first kappa shape index (κ1) is 14.1. The van der Waals surface area contributed by atoms with Crippen molar-refractivity contribution in [2.24, 2.45) is 5.92 Å². The molecule has 0 bridgehead atoms. The molecule has 2 aliphatic heterocycles. The highest BCUT2D eigenvalue weighted by Crippen LogP contribution is 2.20. The lowest BCUT2D eigenvalue weighted by molar-refractivity contribution is 0.177. The van der Waals surface area contributed by atoms with E-state index < -0.39 is 0 Å². The summed E-state index contributed by atoms with van der Waals surface area (Å²) < 4.78 is 5.48. The summed E-state index contributed by atoms with van der Waals surface area (Å²) in [4.78, 5) is 2.63. The van der Waals surface area contributed by atoms with Crippen molar-refractivity contribution in [3.05, 3.63) is 35.9 Å². The number of hydrogen-bond acceptors (Lipinski definition) is 3. The Morgan fingerprint density at radius 1 is 1.25 bits per heavy atom. The van der Waals surface area contributed by atoms with Crippen molar-refractivity contribution in [3.63, 3.8) is 0 Å². The second-order valence-electron chi connectivity index (χ2n) is 6.09. The Morgan fingerprint density at radius 3 is 2.95 bits per heavy atom. The van der Waals surface area contributed by atoms with Gasteiger partial charge in [0.2, 0.25) is 0 Å². The number of nitrogens with zero attached hydrogens (tertiary/aromatic N) is 1. The zero-order chi connectivity index (χ0) is 13.6. The third-order valence-corrected chi connectivity index (χ3v) is 4.56. The minimum Gasteiger partial charge on any atom is -0.381 e. The lowest BCUT2D eigenvalue weighted by Crippen LogP contribution is -2.32. The third kappa shape index (κ3) is 3.81. The molecule has 110 valence electrons. The van der Waals surface area contributed by atoms with Gasteiger partial charge in [0.15, 0.2) is 0 Å². The Labute approximate surface area is 122 Å². The average molecular weight is 274 g/mol. The van der Waals surface area contributed by atoms with Crippen LogP contribution in [0.1, 0.15) is 30.9 Å². The van der Waals surface area contributed by atoms with Crippen LogP contribution in [0.3, 0.4) is 0 Å². The first-order chi connectivity index (χ1) is 9.92. The van der Waals surface area contributed by atoms with Crippen molar-refractivity contribution in [2.45, 2.75) is 25.3 Å². The summed E-state index contributed by atoms with van der Waals surface area (Å²) in [6.07, 6.45) is 3.81. The van der Waals surface area contributed by atoms with Crippen molar-refractivity contribution in [2.75, 3.05) is 39.4 Å². The van der Waals surface area contributed by atoms with Crippen LogP contribution in [0.4, 0.5) is 0 Å². The molecular formula is C17H26N2O. The van der Waals surface area contributed by atoms with Gasteiger partial charge in [0.25, 0.3) is 0 Å². The Bertz CT molecular complexity index is 389. The molecule has 0 radical (unpaired) electrons. The molecule has 20 heavy (non-hydrogen) atoms. The van der Waals surface area contributed by atoms with Crippen molar-refractivity contribution in [1.82, 2.24) is 10.2 Å². The van der Waals surface area contributed by atoms with E-state index in [0.29, 0.717) is 6.04 Å². The second kappa shape index (κ2) is 7.21. The van der Waals surface area contributed by atoms with Crippen molar-refractivity contribution < 1.29 is 4.74 Å². The molecule has 2 unspecified atom stereocenters. The third-order valence-electron chi connectivity index (χ3n) is 4.56. The van der Waals surface area contributed by atoms with Crippen molar-refractivity contribution in [3.8, 4) is 0 Å². The Morgan fingerprint density at radius 2 is 2.15 bits per heavy atom. The zero-order valence-corrected chi connectivity index (χ0v) is 12.3. The van der Waals surface area contributed by atoms with Gasteiger partial charge < -0.3 is 15.0 Å². The Kier molecular flexibility index (Phi) is 5.06. The summed E-state index contributed by atoms with van der Waals surface area (Å²) in [6.45, 7) is 6.66. The Hall–Kier alpha value is -0.900. The first-order valence-corrected chi connectivity index (χ1v) is 8.00. The van der Waals surface area contributed by atoms with E-state index in [1.54, 1.807) is 0 Å². The van der Waals surface area contributed by atoms with Gasteiger partial charge >= 0.3 is 0 Å². The van der Waals surface area contributed by atoms with Gasteiger partial charge in [0, 0.05) is 25.8 Å². The maximum atomic E-state index is 5.48. The number of hydrogen-bond donors (Lipinski definition) is 1. The highest BCUT2D eigenvalue weighted by molar-refractivity contribution is 5.19. The molecular weight excluding hydrogens is 248 g/mol. The predicted octanol–water partition coefficient (Wildman–Crippen LogP) is 2.45. The molecule has 2 fully saturated rings. The highest BCUT2D eigenvalue weighted by Gasteiger charge is 2.21. The highest BCUT2D eigenvalue weighted by atomic mass is 16.5. The summed E-state index contributed by atoms with van der Waals surface area (Å²) in [5, 5.41) is 3.69. The van der Waals surface area contributed by atoms with Gasteiger partial charge in [0.1, 0.15) is 0 Å². The minimum atomic E-state index is 0.485. The maximum absolute atomic E-state index is 5.48. The SMILES string of the molecule is c1ccc(C2CN(CCC3CCOC3)CCCN2)cc1. The van der Waals surface area contributed by atoms with Gasteiger partial charge in [-0.05, 0) is 50.4 Å². The van der Waals surface area contributed by atoms with E-state index in [4.69, 9.17) is 4.74 Å². The van der Waals surface area contributed by atoms with Gasteiger partial charge in [0.05, 0.1) is 0 Å². The largest absolute Gasteiger partial charge is 0.381 e. The normalized spacial score (nSPS) is 28.4. The number of ether oxygens (including phenoxy) is 1. The van der Waals surface area contributed by atoms with Crippen LogP contribution in [-0.4, -0.2) is 44.3 Å². The van der Waals surface area contributed by atoms with Gasteiger partial charge in [-0.3, -0.25) is 0 Å². The van der Waals surface area contributed by atoms with E-state index in [-0.39, 0.29) is 0 Å². The van der Waals surface area contributed by atoms with Gasteiger partial charge in [-0.2, -0.15) is 0 Å². The molecule has 1 aromatic carbocycles. The maximum Gasteiger partial charge on any atom is 0.0495 e. The molecule has 2 saturated heterocycles. The molecule has 3 nitrogen and oxygen atoms in total. The van der Waals surface area contributed by atoms with Gasteiger partial charge in [-0.15, -0.1) is 0 Å². The standard InChI is InChI=1S/C17H26N2O/c1-2-5-16(6-3-1)17-13-19(10-4-9-18-17)11-7-15-8-12-20-14-15/h1-3,5-6,15,17-18H,4,7-14H2. The van der Waals surface area contributed by atoms with Gasteiger partial charge in [-0.25, -0.2) is 0 Å². The zero-order valence-electron chi connectivity index (χ0n) is 12.3. The molecule has 1 aromatic rings. The monoisotopic (exact) mass is 274 g/mol. The van der Waals surface area contributed by atoms with Crippen LogP contribution in [0.5, 0.6) is 0 Å². The molecule has 2 heterocycles. The van der Waals surface area contributed by atoms with Crippen LogP contribution in [-0.2, 0) is 4.74 Å². The number of benzene rings is 1.